The number of rotatable bonds is 7. The Balaban J connectivity index is 1.61. The second-order valence-electron chi connectivity index (χ2n) is 8.01. The first kappa shape index (κ1) is 20.9. The van der Waals surface area contributed by atoms with Crippen LogP contribution in [0.2, 0.25) is 0 Å². The lowest BCUT2D eigenvalue weighted by Crippen LogP contribution is -2.25. The minimum Gasteiger partial charge on any atom is -0.361 e. The van der Waals surface area contributed by atoms with Crippen LogP contribution >= 0.6 is 0 Å². The Morgan fingerprint density at radius 2 is 1.77 bits per heavy atom. The lowest BCUT2D eigenvalue weighted by Gasteiger charge is -2.18. The third kappa shape index (κ3) is 4.69. The molecular weight excluding hydrogens is 387 g/mol. The van der Waals surface area contributed by atoms with Crippen LogP contribution in [0.1, 0.15) is 47.1 Å². The van der Waals surface area contributed by atoms with Crippen LogP contribution in [0.25, 0.3) is 10.9 Å². The van der Waals surface area contributed by atoms with Gasteiger partial charge in [-0.15, -0.1) is 0 Å². The van der Waals surface area contributed by atoms with Crippen molar-refractivity contribution in [2.45, 2.75) is 39.2 Å². The first-order chi connectivity index (χ1) is 15.0. The van der Waals surface area contributed by atoms with Crippen LogP contribution in [0.3, 0.4) is 0 Å². The van der Waals surface area contributed by atoms with Gasteiger partial charge in [-0.2, -0.15) is 0 Å². The van der Waals surface area contributed by atoms with E-state index in [0.717, 1.165) is 34.0 Å². The number of carbonyl (C=O) groups excluding carboxylic acids is 1. The maximum atomic E-state index is 13.1. The Hall–Kier alpha value is -3.40. The number of hydrogen-bond donors (Lipinski definition) is 2. The molecule has 0 radical (unpaired) electrons. The first-order valence-corrected chi connectivity index (χ1v) is 10.7. The van der Waals surface area contributed by atoms with Gasteiger partial charge in [-0.25, -0.2) is 4.39 Å². The summed E-state index contributed by atoms with van der Waals surface area (Å²) in [6, 6.07) is 20.9. The third-order valence-corrected chi connectivity index (χ3v) is 5.86. The summed E-state index contributed by atoms with van der Waals surface area (Å²) < 4.78 is 13.1. The molecule has 0 bridgehead atoms. The van der Waals surface area contributed by atoms with E-state index in [1.807, 2.05) is 6.20 Å². The predicted molar refractivity (Wildman–Crippen MR) is 124 cm³/mol. The van der Waals surface area contributed by atoms with Crippen molar-refractivity contribution < 1.29 is 9.18 Å². The highest BCUT2D eigenvalue weighted by atomic mass is 19.1. The highest BCUT2D eigenvalue weighted by Gasteiger charge is 2.22. The van der Waals surface area contributed by atoms with Gasteiger partial charge in [0.15, 0.2) is 0 Å². The number of aromatic amines is 1. The molecule has 1 atom stereocenters. The van der Waals surface area contributed by atoms with Gasteiger partial charge in [0.1, 0.15) is 5.82 Å². The van der Waals surface area contributed by atoms with Crippen molar-refractivity contribution >= 4 is 16.8 Å². The molecule has 3 nitrogen and oxygen atoms in total. The molecule has 2 N–H and O–H groups in total. The zero-order valence-electron chi connectivity index (χ0n) is 17.9. The largest absolute Gasteiger partial charge is 0.361 e. The fourth-order valence-electron chi connectivity index (χ4n) is 4.09. The van der Waals surface area contributed by atoms with Gasteiger partial charge >= 0.3 is 0 Å². The molecule has 0 fully saturated rings. The maximum absolute atomic E-state index is 13.1. The van der Waals surface area contributed by atoms with E-state index < -0.39 is 0 Å². The van der Waals surface area contributed by atoms with Crippen molar-refractivity contribution in [3.8, 4) is 0 Å². The van der Waals surface area contributed by atoms with Crippen molar-refractivity contribution in [1.82, 2.24) is 10.3 Å². The van der Waals surface area contributed by atoms with Gasteiger partial charge in [-0.1, -0.05) is 67.1 Å². The normalized spacial score (nSPS) is 12.1. The van der Waals surface area contributed by atoms with Gasteiger partial charge < -0.3 is 10.3 Å². The van der Waals surface area contributed by atoms with Crippen molar-refractivity contribution in [2.75, 3.05) is 0 Å². The smallest absolute Gasteiger partial charge is 0.221 e. The molecule has 0 aliphatic heterocycles. The second kappa shape index (κ2) is 9.17. The average molecular weight is 415 g/mol. The Kier molecular flexibility index (Phi) is 6.17. The molecule has 4 aromatic rings. The van der Waals surface area contributed by atoms with Crippen LogP contribution in [-0.2, 0) is 17.8 Å². The molecule has 31 heavy (non-hydrogen) atoms. The van der Waals surface area contributed by atoms with E-state index in [1.165, 1.54) is 23.3 Å². The molecule has 1 aromatic heterocycles. The van der Waals surface area contributed by atoms with Crippen LogP contribution in [0.15, 0.2) is 72.9 Å². The Morgan fingerprint density at radius 1 is 1.03 bits per heavy atom. The molecule has 0 saturated carbocycles. The van der Waals surface area contributed by atoms with E-state index in [9.17, 15) is 9.18 Å². The fourth-order valence-corrected chi connectivity index (χ4v) is 4.09. The summed E-state index contributed by atoms with van der Waals surface area (Å²) in [5.41, 5.74) is 6.73. The topological polar surface area (TPSA) is 44.9 Å². The van der Waals surface area contributed by atoms with Gasteiger partial charge in [0.2, 0.25) is 5.91 Å². The number of aryl methyl sites for hydroxylation is 2. The lowest BCUT2D eigenvalue weighted by atomic mass is 9.87. The van der Waals surface area contributed by atoms with E-state index in [-0.39, 0.29) is 17.6 Å². The summed E-state index contributed by atoms with van der Waals surface area (Å²) in [5.74, 6) is -0.370. The van der Waals surface area contributed by atoms with Gasteiger partial charge in [0.25, 0.3) is 0 Å². The Bertz CT molecular complexity index is 1180. The summed E-state index contributed by atoms with van der Waals surface area (Å²) >= 11 is 0. The molecule has 158 valence electrons. The van der Waals surface area contributed by atoms with Crippen LogP contribution in [0.5, 0.6) is 0 Å². The highest BCUT2D eigenvalue weighted by molar-refractivity contribution is 5.88. The first-order valence-electron chi connectivity index (χ1n) is 10.7. The van der Waals surface area contributed by atoms with Crippen LogP contribution in [0.4, 0.5) is 4.39 Å². The van der Waals surface area contributed by atoms with Crippen LogP contribution in [0, 0.1) is 12.7 Å². The molecule has 0 saturated heterocycles. The zero-order chi connectivity index (χ0) is 21.8. The predicted octanol–water partition coefficient (Wildman–Crippen LogP) is 6.02. The fraction of sp³-hybridized carbons (Fsp3) is 0.222. The number of fused-ring (bicyclic) bond motifs is 1. The SMILES string of the molecule is CCc1cccc2c(C(CC(=O)NCc3ccc(F)cc3)c3ccc(C)cc3)c[nH]c12. The molecule has 0 aliphatic rings. The van der Waals surface area contributed by atoms with E-state index in [1.54, 1.807) is 12.1 Å². The molecule has 1 amide bonds. The van der Waals surface area contributed by atoms with Crippen molar-refractivity contribution in [3.05, 3.63) is 107 Å². The second-order valence-corrected chi connectivity index (χ2v) is 8.01. The van der Waals surface area contributed by atoms with Crippen molar-refractivity contribution in [2.24, 2.45) is 0 Å². The zero-order valence-corrected chi connectivity index (χ0v) is 17.9. The number of para-hydroxylation sites is 1. The number of H-pyrrole nitrogens is 1. The van der Waals surface area contributed by atoms with Crippen molar-refractivity contribution in [3.63, 3.8) is 0 Å². The van der Waals surface area contributed by atoms with E-state index in [4.69, 9.17) is 0 Å². The average Bonchev–Trinajstić information content (AvgIpc) is 3.22. The van der Waals surface area contributed by atoms with Gasteiger partial charge in [0, 0.05) is 36.0 Å². The quantitative estimate of drug-likeness (QED) is 0.382. The summed E-state index contributed by atoms with van der Waals surface area (Å²) in [5, 5.41) is 4.15. The number of hydrogen-bond acceptors (Lipinski definition) is 1. The Morgan fingerprint density at radius 3 is 2.48 bits per heavy atom. The molecule has 4 rings (SSSR count). The number of amides is 1. The molecule has 0 spiro atoms. The molecule has 1 unspecified atom stereocenters. The Labute approximate surface area is 182 Å². The number of nitrogens with one attached hydrogen (secondary N) is 2. The molecule has 3 aromatic carbocycles. The van der Waals surface area contributed by atoms with Crippen LogP contribution < -0.4 is 5.32 Å². The third-order valence-electron chi connectivity index (χ3n) is 5.86. The summed E-state index contributed by atoms with van der Waals surface area (Å²) in [6.07, 6.45) is 3.33. The van der Waals surface area contributed by atoms with E-state index in [2.05, 4.69) is 66.6 Å². The van der Waals surface area contributed by atoms with Gasteiger partial charge in [-0.3, -0.25) is 4.79 Å². The maximum Gasteiger partial charge on any atom is 0.221 e. The molecule has 4 heteroatoms. The van der Waals surface area contributed by atoms with Gasteiger partial charge in [-0.05, 0) is 47.7 Å². The number of benzene rings is 3. The summed E-state index contributed by atoms with van der Waals surface area (Å²) in [7, 11) is 0. The monoisotopic (exact) mass is 414 g/mol. The number of carbonyl (C=O) groups is 1. The number of halogens is 1. The molecule has 0 aliphatic carbocycles. The summed E-state index contributed by atoms with van der Waals surface area (Å²) in [4.78, 5) is 16.3. The van der Waals surface area contributed by atoms with Crippen LogP contribution in [-0.4, -0.2) is 10.9 Å². The lowest BCUT2D eigenvalue weighted by molar-refractivity contribution is -0.121. The van der Waals surface area contributed by atoms with Crippen molar-refractivity contribution in [1.29, 1.82) is 0 Å². The summed E-state index contributed by atoms with van der Waals surface area (Å²) in [6.45, 7) is 4.59. The number of aromatic nitrogens is 1. The van der Waals surface area contributed by atoms with Gasteiger partial charge in [0.05, 0.1) is 0 Å². The minimum absolute atomic E-state index is 0.0316. The minimum atomic E-state index is -0.278. The van der Waals surface area contributed by atoms with E-state index in [0.29, 0.717) is 13.0 Å². The van der Waals surface area contributed by atoms with E-state index >= 15 is 0 Å². The standard InChI is InChI=1S/C27H27FN2O/c1-3-20-5-4-6-23-25(17-30-27(20)23)24(21-11-7-18(2)8-12-21)15-26(31)29-16-19-9-13-22(28)14-10-19/h4-14,17,24,30H,3,15-16H2,1-2H3,(H,29,31). The molecule has 1 heterocycles. The molecular formula is C27H27FN2O. The highest BCUT2D eigenvalue weighted by Crippen LogP contribution is 2.34.